The first-order chi connectivity index (χ1) is 11.5. The second-order valence-electron chi connectivity index (χ2n) is 9.42. The molecule has 4 aliphatic rings. The molecule has 5 unspecified atom stereocenters. The van der Waals surface area contributed by atoms with E-state index in [1.807, 2.05) is 0 Å². The van der Waals surface area contributed by atoms with Crippen LogP contribution >= 0.6 is 11.8 Å². The Balaban J connectivity index is 1.42. The van der Waals surface area contributed by atoms with E-state index in [-0.39, 0.29) is 0 Å². The lowest BCUT2D eigenvalue weighted by atomic mass is 9.72. The molecule has 0 aromatic carbocycles. The average Bonchev–Trinajstić information content (AvgIpc) is 3.06. The molecule has 2 heterocycles. The van der Waals surface area contributed by atoms with Crippen LogP contribution in [0.2, 0.25) is 0 Å². The fourth-order valence-corrected chi connectivity index (χ4v) is 7.94. The van der Waals surface area contributed by atoms with E-state index >= 15 is 0 Å². The molecule has 0 spiro atoms. The van der Waals surface area contributed by atoms with Gasteiger partial charge in [0.1, 0.15) is 0 Å². The summed E-state index contributed by atoms with van der Waals surface area (Å²) in [4.78, 5) is 2.41. The maximum absolute atomic E-state index is 4.06. The van der Waals surface area contributed by atoms with E-state index in [1.165, 1.54) is 38.5 Å². The highest BCUT2D eigenvalue weighted by molar-refractivity contribution is 8.00. The van der Waals surface area contributed by atoms with Gasteiger partial charge in [-0.15, -0.1) is 11.8 Å². The van der Waals surface area contributed by atoms with E-state index in [0.717, 1.165) is 29.8 Å². The second kappa shape index (κ2) is 6.73. The predicted molar refractivity (Wildman–Crippen MR) is 103 cm³/mol. The molecule has 0 aromatic rings. The van der Waals surface area contributed by atoms with Crippen molar-refractivity contribution in [3.05, 3.63) is 0 Å². The van der Waals surface area contributed by atoms with Gasteiger partial charge in [-0.3, -0.25) is 16.0 Å². The van der Waals surface area contributed by atoms with Crippen LogP contribution in [0.3, 0.4) is 0 Å². The maximum atomic E-state index is 4.06. The zero-order valence-electron chi connectivity index (χ0n) is 15.8. The zero-order valence-corrected chi connectivity index (χ0v) is 16.7. The van der Waals surface area contributed by atoms with Crippen LogP contribution in [0.25, 0.3) is 0 Å². The summed E-state index contributed by atoms with van der Waals surface area (Å²) in [5.41, 5.74) is 0.500. The highest BCUT2D eigenvalue weighted by atomic mass is 32.2. The third kappa shape index (κ3) is 3.16. The first-order valence-electron chi connectivity index (χ1n) is 10.0. The lowest BCUT2D eigenvalue weighted by molar-refractivity contribution is 0.0922. The van der Waals surface area contributed by atoms with Crippen LogP contribution in [-0.4, -0.2) is 54.5 Å². The maximum Gasteiger partial charge on any atom is 0.0639 e. The van der Waals surface area contributed by atoms with Gasteiger partial charge in [0.25, 0.3) is 0 Å². The number of nitrogens with zero attached hydrogens (tertiary/aromatic N) is 1. The van der Waals surface area contributed by atoms with Gasteiger partial charge in [0.15, 0.2) is 0 Å². The summed E-state index contributed by atoms with van der Waals surface area (Å²) in [6.07, 6.45) is 8.66. The minimum absolute atomic E-state index is 0.497. The van der Waals surface area contributed by atoms with E-state index in [4.69, 9.17) is 0 Å². The predicted octanol–water partition coefficient (Wildman–Crippen LogP) is 2.42. The molecule has 0 aromatic heterocycles. The van der Waals surface area contributed by atoms with Crippen molar-refractivity contribution in [2.45, 2.75) is 81.2 Å². The minimum Gasteiger partial charge on any atom is -0.306 e. The van der Waals surface area contributed by atoms with Crippen LogP contribution in [0.1, 0.15) is 52.4 Å². The van der Waals surface area contributed by atoms with Gasteiger partial charge in [0, 0.05) is 29.9 Å². The summed E-state index contributed by atoms with van der Waals surface area (Å²) in [5.74, 6) is 1.58. The van der Waals surface area contributed by atoms with Gasteiger partial charge >= 0.3 is 0 Å². The van der Waals surface area contributed by atoms with Crippen molar-refractivity contribution in [2.24, 2.45) is 17.3 Å². The Kier molecular flexibility index (Phi) is 4.93. The van der Waals surface area contributed by atoms with E-state index in [0.29, 0.717) is 23.0 Å². The van der Waals surface area contributed by atoms with Crippen LogP contribution in [-0.2, 0) is 0 Å². The summed E-state index contributed by atoms with van der Waals surface area (Å²) in [7, 11) is 4.46. The molecule has 2 saturated heterocycles. The monoisotopic (exact) mass is 352 g/mol. The van der Waals surface area contributed by atoms with Crippen LogP contribution in [0.5, 0.6) is 0 Å². The van der Waals surface area contributed by atoms with Crippen molar-refractivity contribution < 1.29 is 0 Å². The third-order valence-corrected chi connectivity index (χ3v) is 8.97. The van der Waals surface area contributed by atoms with E-state index in [2.05, 4.69) is 60.6 Å². The Bertz CT molecular complexity index is 447. The van der Waals surface area contributed by atoms with Gasteiger partial charge in [-0.05, 0) is 64.0 Å². The fraction of sp³-hybridized carbons (Fsp3) is 1.00. The Labute approximate surface area is 152 Å². The molecule has 5 atom stereocenters. The molecule has 2 aliphatic heterocycles. The molecule has 0 bridgehead atoms. The van der Waals surface area contributed by atoms with Crippen molar-refractivity contribution in [1.29, 1.82) is 0 Å². The largest absolute Gasteiger partial charge is 0.306 e. The van der Waals surface area contributed by atoms with Crippen molar-refractivity contribution in [3.8, 4) is 0 Å². The fourth-order valence-electron chi connectivity index (χ4n) is 5.91. The molecule has 0 radical (unpaired) electrons. The molecule has 138 valence electrons. The molecule has 4 fully saturated rings. The third-order valence-electron chi connectivity index (χ3n) is 7.31. The van der Waals surface area contributed by atoms with Crippen LogP contribution in [0.15, 0.2) is 0 Å². The Morgan fingerprint density at radius 3 is 2.50 bits per heavy atom. The number of thioether (sulfide) groups is 1. The molecule has 4 nitrogen and oxygen atoms in total. The number of rotatable bonds is 3. The molecule has 24 heavy (non-hydrogen) atoms. The van der Waals surface area contributed by atoms with Crippen LogP contribution in [0.4, 0.5) is 0 Å². The van der Waals surface area contributed by atoms with Crippen molar-refractivity contribution >= 4 is 11.8 Å². The smallest absolute Gasteiger partial charge is 0.0639 e. The summed E-state index contributed by atoms with van der Waals surface area (Å²) in [6, 6.07) is 1.49. The first-order valence-corrected chi connectivity index (χ1v) is 10.9. The molecular weight excluding hydrogens is 316 g/mol. The zero-order chi connectivity index (χ0) is 16.9. The van der Waals surface area contributed by atoms with Crippen LogP contribution < -0.4 is 16.0 Å². The number of fused-ring (bicyclic) bond motifs is 3. The Hall–Kier alpha value is 0.190. The van der Waals surface area contributed by atoms with E-state index in [9.17, 15) is 0 Å². The standard InChI is InChI=1S/C19H36N4S/c1-19(2)10-9-14-16(19)15-17(20-11-21-18(15)24-14)22-12-5-7-13(8-6-12)23(3)4/h12-18,20-22H,5-11H2,1-4H3. The quantitative estimate of drug-likeness (QED) is 0.728. The normalized spacial score (nSPS) is 47.6. The molecule has 2 aliphatic carbocycles. The molecule has 2 saturated carbocycles. The van der Waals surface area contributed by atoms with Crippen molar-refractivity contribution in [1.82, 2.24) is 20.9 Å². The number of hydrogen-bond donors (Lipinski definition) is 3. The molecule has 5 heteroatoms. The SMILES string of the molecule is CN(C)C1CCC(NC2NCNC3SC4CCC(C)(C)C4C23)CC1. The summed E-state index contributed by atoms with van der Waals surface area (Å²) in [6.45, 7) is 5.97. The van der Waals surface area contributed by atoms with Gasteiger partial charge in [0.05, 0.1) is 11.5 Å². The Morgan fingerprint density at radius 1 is 1.04 bits per heavy atom. The molecule has 4 rings (SSSR count). The van der Waals surface area contributed by atoms with Gasteiger partial charge < -0.3 is 4.90 Å². The average molecular weight is 353 g/mol. The highest BCUT2D eigenvalue weighted by Crippen LogP contribution is 2.59. The van der Waals surface area contributed by atoms with Gasteiger partial charge in [0.2, 0.25) is 0 Å². The van der Waals surface area contributed by atoms with E-state index in [1.54, 1.807) is 0 Å². The second-order valence-corrected chi connectivity index (χ2v) is 10.8. The minimum atomic E-state index is 0.497. The van der Waals surface area contributed by atoms with E-state index < -0.39 is 0 Å². The topological polar surface area (TPSA) is 39.3 Å². The number of nitrogens with one attached hydrogen (secondary N) is 3. The lowest BCUT2D eigenvalue weighted by Gasteiger charge is -2.44. The van der Waals surface area contributed by atoms with Crippen molar-refractivity contribution in [2.75, 3.05) is 20.8 Å². The summed E-state index contributed by atoms with van der Waals surface area (Å²) < 4.78 is 0. The summed E-state index contributed by atoms with van der Waals surface area (Å²) in [5, 5.41) is 13.1. The highest BCUT2D eigenvalue weighted by Gasteiger charge is 2.57. The molecule has 0 amide bonds. The summed E-state index contributed by atoms with van der Waals surface area (Å²) >= 11 is 2.24. The first kappa shape index (κ1) is 17.6. The van der Waals surface area contributed by atoms with Gasteiger partial charge in [-0.1, -0.05) is 13.8 Å². The molecule has 3 N–H and O–H groups in total. The van der Waals surface area contributed by atoms with Crippen LogP contribution in [0, 0.1) is 17.3 Å². The van der Waals surface area contributed by atoms with Gasteiger partial charge in [-0.25, -0.2) is 0 Å². The number of hydrogen-bond acceptors (Lipinski definition) is 5. The Morgan fingerprint density at radius 2 is 1.79 bits per heavy atom. The van der Waals surface area contributed by atoms with Crippen molar-refractivity contribution in [3.63, 3.8) is 0 Å². The lowest BCUT2D eigenvalue weighted by Crippen LogP contribution is -2.64. The molecular formula is C19H36N4S. The van der Waals surface area contributed by atoms with Gasteiger partial charge in [-0.2, -0.15) is 0 Å².